The van der Waals surface area contributed by atoms with Gasteiger partial charge in [0.2, 0.25) is 5.91 Å². The number of nitrogens with zero attached hydrogens (tertiary/aromatic N) is 1. The van der Waals surface area contributed by atoms with Crippen LogP contribution in [-0.2, 0) is 4.79 Å². The summed E-state index contributed by atoms with van der Waals surface area (Å²) in [5.41, 5.74) is 5.79. The minimum Gasteiger partial charge on any atom is -0.338 e. The molecule has 1 atom stereocenters. The summed E-state index contributed by atoms with van der Waals surface area (Å²) in [7, 11) is 0. The Kier molecular flexibility index (Phi) is 4.89. The first-order valence-electron chi connectivity index (χ1n) is 5.99. The van der Waals surface area contributed by atoms with E-state index in [2.05, 4.69) is 17.6 Å². The van der Waals surface area contributed by atoms with Gasteiger partial charge in [-0.25, -0.2) is 4.79 Å². The molecule has 0 bridgehead atoms. The van der Waals surface area contributed by atoms with E-state index in [9.17, 15) is 9.59 Å². The van der Waals surface area contributed by atoms with Gasteiger partial charge in [-0.1, -0.05) is 6.92 Å². The molecule has 0 aliphatic carbocycles. The summed E-state index contributed by atoms with van der Waals surface area (Å²) in [6.07, 6.45) is 0.998. The van der Waals surface area contributed by atoms with Crippen molar-refractivity contribution < 1.29 is 9.59 Å². The number of hydrogen-bond donors (Lipinski definition) is 3. The molecule has 0 spiro atoms. The lowest BCUT2D eigenvalue weighted by Crippen LogP contribution is -2.44. The number of amides is 3. The van der Waals surface area contributed by atoms with Crippen molar-refractivity contribution in [2.45, 2.75) is 20.3 Å². The number of rotatable bonds is 4. The Morgan fingerprint density at radius 1 is 1.47 bits per heavy atom. The molecule has 1 rings (SSSR count). The molecule has 17 heavy (non-hydrogen) atoms. The van der Waals surface area contributed by atoms with Gasteiger partial charge in [0, 0.05) is 13.1 Å². The second-order valence-corrected chi connectivity index (χ2v) is 4.88. The molecule has 1 aliphatic heterocycles. The Labute approximate surface area is 102 Å². The highest BCUT2D eigenvalue weighted by molar-refractivity contribution is 5.95. The fourth-order valence-electron chi connectivity index (χ4n) is 2.00. The molecule has 3 amide bonds. The Morgan fingerprint density at radius 2 is 2.18 bits per heavy atom. The van der Waals surface area contributed by atoms with E-state index < -0.39 is 6.03 Å². The van der Waals surface area contributed by atoms with Gasteiger partial charge in [0.1, 0.15) is 0 Å². The second-order valence-electron chi connectivity index (χ2n) is 4.88. The lowest BCUT2D eigenvalue weighted by Gasteiger charge is -2.22. The van der Waals surface area contributed by atoms with Crippen LogP contribution < -0.4 is 16.4 Å². The first kappa shape index (κ1) is 13.9. The molecule has 0 aromatic heterocycles. The van der Waals surface area contributed by atoms with Crippen LogP contribution in [0.15, 0.2) is 0 Å². The molecule has 0 aromatic carbocycles. The van der Waals surface area contributed by atoms with Gasteiger partial charge < -0.3 is 11.1 Å². The smallest absolute Gasteiger partial charge is 0.321 e. The molecule has 1 unspecified atom stereocenters. The molecule has 1 aliphatic rings. The maximum atomic E-state index is 11.5. The first-order valence-corrected chi connectivity index (χ1v) is 5.99. The van der Waals surface area contributed by atoms with Crippen molar-refractivity contribution in [3.05, 3.63) is 0 Å². The van der Waals surface area contributed by atoms with Crippen LogP contribution in [0, 0.1) is 5.41 Å². The van der Waals surface area contributed by atoms with Gasteiger partial charge in [-0.15, -0.1) is 0 Å². The Hall–Kier alpha value is -1.14. The van der Waals surface area contributed by atoms with E-state index in [0.717, 1.165) is 19.5 Å². The van der Waals surface area contributed by atoms with Gasteiger partial charge >= 0.3 is 6.03 Å². The first-order chi connectivity index (χ1) is 7.99. The van der Waals surface area contributed by atoms with Crippen molar-refractivity contribution in [3.63, 3.8) is 0 Å². The van der Waals surface area contributed by atoms with Crippen LogP contribution in [-0.4, -0.2) is 49.6 Å². The maximum absolute atomic E-state index is 11.5. The number of likely N-dealkylation sites (tertiary alicyclic amines) is 1. The van der Waals surface area contributed by atoms with Gasteiger partial charge in [0.05, 0.1) is 6.54 Å². The molecule has 0 radical (unpaired) electrons. The molecule has 1 fully saturated rings. The highest BCUT2D eigenvalue weighted by Crippen LogP contribution is 2.27. The van der Waals surface area contributed by atoms with Crippen LogP contribution in [0.4, 0.5) is 4.79 Å². The van der Waals surface area contributed by atoms with E-state index in [4.69, 9.17) is 5.73 Å². The zero-order valence-electron chi connectivity index (χ0n) is 10.6. The monoisotopic (exact) mass is 242 g/mol. The molecule has 0 aromatic rings. The average molecular weight is 242 g/mol. The number of nitrogens with one attached hydrogen (secondary N) is 2. The van der Waals surface area contributed by atoms with Crippen LogP contribution >= 0.6 is 0 Å². The molecule has 6 heteroatoms. The summed E-state index contributed by atoms with van der Waals surface area (Å²) in [5.74, 6) is -0.266. The molecule has 1 saturated heterocycles. The Bertz CT molecular complexity index is 295. The standard InChI is InChI=1S/C11H22N4O2/c1-3-13-10(17)14-9(16)6-15-5-4-11(2,7-12)8-15/h3-8,12H2,1-2H3,(H2,13,14,16,17). The average Bonchev–Trinajstić information content (AvgIpc) is 2.61. The van der Waals surface area contributed by atoms with E-state index >= 15 is 0 Å². The highest BCUT2D eigenvalue weighted by Gasteiger charge is 2.33. The van der Waals surface area contributed by atoms with Gasteiger partial charge in [-0.2, -0.15) is 0 Å². The van der Waals surface area contributed by atoms with Crippen molar-refractivity contribution in [2.24, 2.45) is 11.1 Å². The number of imide groups is 1. The minimum atomic E-state index is -0.432. The number of nitrogens with two attached hydrogens (primary N) is 1. The summed E-state index contributed by atoms with van der Waals surface area (Å²) < 4.78 is 0. The van der Waals surface area contributed by atoms with E-state index in [1.807, 2.05) is 4.90 Å². The lowest BCUT2D eigenvalue weighted by molar-refractivity contribution is -0.121. The van der Waals surface area contributed by atoms with Gasteiger partial charge in [0.25, 0.3) is 0 Å². The van der Waals surface area contributed by atoms with Crippen molar-refractivity contribution >= 4 is 11.9 Å². The zero-order valence-corrected chi connectivity index (χ0v) is 10.6. The Morgan fingerprint density at radius 3 is 2.71 bits per heavy atom. The minimum absolute atomic E-state index is 0.103. The zero-order chi connectivity index (χ0) is 12.9. The molecule has 0 saturated carbocycles. The van der Waals surface area contributed by atoms with Crippen molar-refractivity contribution in [1.29, 1.82) is 0 Å². The third kappa shape index (κ3) is 4.32. The van der Waals surface area contributed by atoms with E-state index in [-0.39, 0.29) is 17.9 Å². The van der Waals surface area contributed by atoms with E-state index in [0.29, 0.717) is 13.1 Å². The fraction of sp³-hybridized carbons (Fsp3) is 0.818. The SMILES string of the molecule is CCNC(=O)NC(=O)CN1CCC(C)(CN)C1. The predicted molar refractivity (Wildman–Crippen MR) is 65.4 cm³/mol. The van der Waals surface area contributed by atoms with Crippen molar-refractivity contribution in [2.75, 3.05) is 32.7 Å². The Balaban J connectivity index is 2.31. The van der Waals surface area contributed by atoms with E-state index in [1.54, 1.807) is 6.92 Å². The summed E-state index contributed by atoms with van der Waals surface area (Å²) >= 11 is 0. The summed E-state index contributed by atoms with van der Waals surface area (Å²) in [5, 5.41) is 4.81. The highest BCUT2D eigenvalue weighted by atomic mass is 16.2. The molecule has 6 nitrogen and oxygen atoms in total. The largest absolute Gasteiger partial charge is 0.338 e. The second kappa shape index (κ2) is 5.97. The molecule has 4 N–H and O–H groups in total. The summed E-state index contributed by atoms with van der Waals surface area (Å²) in [4.78, 5) is 24.7. The number of hydrogen-bond acceptors (Lipinski definition) is 4. The van der Waals surface area contributed by atoms with Crippen LogP contribution in [0.3, 0.4) is 0 Å². The molecule has 1 heterocycles. The van der Waals surface area contributed by atoms with E-state index in [1.165, 1.54) is 0 Å². The van der Waals surface area contributed by atoms with Crippen molar-refractivity contribution in [1.82, 2.24) is 15.5 Å². The van der Waals surface area contributed by atoms with Crippen LogP contribution in [0.2, 0.25) is 0 Å². The van der Waals surface area contributed by atoms with Gasteiger partial charge in [0.15, 0.2) is 0 Å². The normalized spacial score (nSPS) is 24.6. The van der Waals surface area contributed by atoms with Crippen LogP contribution in [0.25, 0.3) is 0 Å². The molecular formula is C11H22N4O2. The molecular weight excluding hydrogens is 220 g/mol. The maximum Gasteiger partial charge on any atom is 0.321 e. The van der Waals surface area contributed by atoms with Crippen LogP contribution in [0.1, 0.15) is 20.3 Å². The summed E-state index contributed by atoms with van der Waals surface area (Å²) in [6.45, 7) is 6.98. The van der Waals surface area contributed by atoms with Gasteiger partial charge in [-0.3, -0.25) is 15.0 Å². The lowest BCUT2D eigenvalue weighted by atomic mass is 9.90. The summed E-state index contributed by atoms with van der Waals surface area (Å²) in [6, 6.07) is -0.432. The van der Waals surface area contributed by atoms with Crippen LogP contribution in [0.5, 0.6) is 0 Å². The third-order valence-corrected chi connectivity index (χ3v) is 3.09. The third-order valence-electron chi connectivity index (χ3n) is 3.09. The number of urea groups is 1. The number of carbonyl (C=O) groups is 2. The molecule has 98 valence electrons. The quantitative estimate of drug-likeness (QED) is 0.620. The fourth-order valence-corrected chi connectivity index (χ4v) is 2.00. The predicted octanol–water partition coefficient (Wildman–Crippen LogP) is -0.497. The topological polar surface area (TPSA) is 87.5 Å². The number of carbonyl (C=O) groups excluding carboxylic acids is 2. The van der Waals surface area contributed by atoms with Gasteiger partial charge in [-0.05, 0) is 31.8 Å². The van der Waals surface area contributed by atoms with Crippen molar-refractivity contribution in [3.8, 4) is 0 Å².